The highest BCUT2D eigenvalue weighted by Gasteiger charge is 2.24. The van der Waals surface area contributed by atoms with Crippen molar-refractivity contribution >= 4 is 11.7 Å². The van der Waals surface area contributed by atoms with Crippen molar-refractivity contribution in [2.45, 2.75) is 31.9 Å². The summed E-state index contributed by atoms with van der Waals surface area (Å²) in [6.07, 6.45) is 1.30. The Morgan fingerprint density at radius 2 is 1.92 bits per heavy atom. The molecule has 2 amide bonds. The number of nitrogens with one attached hydrogen (secondary N) is 1. The third-order valence-electron chi connectivity index (χ3n) is 5.08. The topological polar surface area (TPSA) is 59.0 Å². The molecule has 0 bridgehead atoms. The zero-order valence-corrected chi connectivity index (χ0v) is 15.1. The summed E-state index contributed by atoms with van der Waals surface area (Å²) in [5.74, 6) is 0. The van der Waals surface area contributed by atoms with Crippen molar-refractivity contribution in [3.63, 3.8) is 0 Å². The van der Waals surface area contributed by atoms with E-state index in [1.165, 1.54) is 5.69 Å². The zero-order chi connectivity index (χ0) is 17.6. The fourth-order valence-electron chi connectivity index (χ4n) is 3.70. The molecular weight excluding hydrogens is 316 g/mol. The first kappa shape index (κ1) is 18.0. The van der Waals surface area contributed by atoms with Gasteiger partial charge in [-0.2, -0.15) is 0 Å². The van der Waals surface area contributed by atoms with Gasteiger partial charge in [0.1, 0.15) is 0 Å². The van der Waals surface area contributed by atoms with Gasteiger partial charge in [0.2, 0.25) is 0 Å². The Hall–Kier alpha value is -1.79. The predicted octanol–water partition coefficient (Wildman–Crippen LogP) is 1.36. The Morgan fingerprint density at radius 3 is 2.60 bits per heavy atom. The van der Waals surface area contributed by atoms with Crippen molar-refractivity contribution < 1.29 is 9.90 Å². The first-order valence-corrected chi connectivity index (χ1v) is 9.37. The molecule has 25 heavy (non-hydrogen) atoms. The Bertz CT molecular complexity index is 546. The summed E-state index contributed by atoms with van der Waals surface area (Å²) >= 11 is 0. The van der Waals surface area contributed by atoms with E-state index in [9.17, 15) is 9.90 Å². The zero-order valence-electron chi connectivity index (χ0n) is 15.1. The number of para-hydroxylation sites is 1. The Kier molecular flexibility index (Phi) is 6.15. The SMILES string of the molecule is C[C@@H](CN1CCN(c2ccccc2)CC1)NC(=O)N1CCC[C@@H](O)C1. The molecule has 2 aliphatic heterocycles. The quantitative estimate of drug-likeness (QED) is 0.864. The maximum atomic E-state index is 12.3. The highest BCUT2D eigenvalue weighted by Crippen LogP contribution is 2.15. The molecule has 2 atom stereocenters. The molecule has 2 saturated heterocycles. The molecule has 0 aliphatic carbocycles. The number of aliphatic hydroxyl groups excluding tert-OH is 1. The molecule has 2 fully saturated rings. The standard InChI is InChI=1S/C19H30N4O2/c1-16(20-19(25)23-9-5-8-18(24)15-23)14-21-10-12-22(13-11-21)17-6-3-2-4-7-17/h2-4,6-7,16,18,24H,5,8-15H2,1H3,(H,20,25)/t16-,18+/m0/s1. The summed E-state index contributed by atoms with van der Waals surface area (Å²) in [4.78, 5) is 18.9. The van der Waals surface area contributed by atoms with Gasteiger partial charge < -0.3 is 20.2 Å². The van der Waals surface area contributed by atoms with E-state index in [0.717, 1.165) is 52.1 Å². The molecule has 6 nitrogen and oxygen atoms in total. The van der Waals surface area contributed by atoms with Gasteiger partial charge in [0, 0.05) is 57.5 Å². The molecule has 6 heteroatoms. The van der Waals surface area contributed by atoms with E-state index in [0.29, 0.717) is 6.54 Å². The minimum absolute atomic E-state index is 0.0471. The molecule has 3 rings (SSSR count). The fourth-order valence-corrected chi connectivity index (χ4v) is 3.70. The Labute approximate surface area is 150 Å². The van der Waals surface area contributed by atoms with Crippen molar-refractivity contribution in [2.24, 2.45) is 0 Å². The number of likely N-dealkylation sites (tertiary alicyclic amines) is 1. The van der Waals surface area contributed by atoms with Gasteiger partial charge in [-0.3, -0.25) is 4.90 Å². The number of piperidine rings is 1. The monoisotopic (exact) mass is 346 g/mol. The third kappa shape index (κ3) is 5.09. The molecule has 138 valence electrons. The average molecular weight is 346 g/mol. The van der Waals surface area contributed by atoms with Gasteiger partial charge >= 0.3 is 6.03 Å². The number of anilines is 1. The lowest BCUT2D eigenvalue weighted by Crippen LogP contribution is -2.54. The number of hydrogen-bond acceptors (Lipinski definition) is 4. The molecule has 2 aliphatic rings. The van der Waals surface area contributed by atoms with E-state index in [4.69, 9.17) is 0 Å². The highest BCUT2D eigenvalue weighted by atomic mass is 16.3. The van der Waals surface area contributed by atoms with Gasteiger partial charge in [-0.25, -0.2) is 4.79 Å². The maximum Gasteiger partial charge on any atom is 0.317 e. The Balaban J connectivity index is 1.40. The molecule has 2 N–H and O–H groups in total. The van der Waals surface area contributed by atoms with Gasteiger partial charge in [-0.15, -0.1) is 0 Å². The predicted molar refractivity (Wildman–Crippen MR) is 99.9 cm³/mol. The number of rotatable bonds is 4. The number of carbonyl (C=O) groups excluding carboxylic acids is 1. The summed E-state index contributed by atoms with van der Waals surface area (Å²) in [5, 5.41) is 12.8. The van der Waals surface area contributed by atoms with Crippen molar-refractivity contribution in [2.75, 3.05) is 50.7 Å². The molecule has 0 radical (unpaired) electrons. The van der Waals surface area contributed by atoms with Crippen molar-refractivity contribution in [3.8, 4) is 0 Å². The molecular formula is C19H30N4O2. The van der Waals surface area contributed by atoms with Crippen LogP contribution in [0.5, 0.6) is 0 Å². The van der Waals surface area contributed by atoms with Crippen LogP contribution in [0.15, 0.2) is 30.3 Å². The van der Waals surface area contributed by atoms with Crippen LogP contribution < -0.4 is 10.2 Å². The van der Waals surface area contributed by atoms with Crippen LogP contribution >= 0.6 is 0 Å². The Morgan fingerprint density at radius 1 is 1.20 bits per heavy atom. The van der Waals surface area contributed by atoms with Crippen LogP contribution in [0.3, 0.4) is 0 Å². The van der Waals surface area contributed by atoms with Crippen LogP contribution in [0.2, 0.25) is 0 Å². The second kappa shape index (κ2) is 8.54. The van der Waals surface area contributed by atoms with Gasteiger partial charge in [0.05, 0.1) is 6.10 Å². The van der Waals surface area contributed by atoms with Crippen LogP contribution in [-0.4, -0.2) is 78.9 Å². The summed E-state index contributed by atoms with van der Waals surface area (Å²) in [6, 6.07) is 10.6. The fraction of sp³-hybridized carbons (Fsp3) is 0.632. The van der Waals surface area contributed by atoms with Crippen LogP contribution in [-0.2, 0) is 0 Å². The normalized spacial score (nSPS) is 23.4. The van der Waals surface area contributed by atoms with Crippen molar-refractivity contribution in [1.82, 2.24) is 15.1 Å². The van der Waals surface area contributed by atoms with E-state index in [-0.39, 0.29) is 18.2 Å². The third-order valence-corrected chi connectivity index (χ3v) is 5.08. The first-order valence-electron chi connectivity index (χ1n) is 9.37. The van der Waals surface area contributed by atoms with Crippen LogP contribution in [0.25, 0.3) is 0 Å². The second-order valence-corrected chi connectivity index (χ2v) is 7.22. The van der Waals surface area contributed by atoms with Gasteiger partial charge in [-0.05, 0) is 31.9 Å². The smallest absolute Gasteiger partial charge is 0.317 e. The van der Waals surface area contributed by atoms with Crippen molar-refractivity contribution in [1.29, 1.82) is 0 Å². The number of aliphatic hydroxyl groups is 1. The largest absolute Gasteiger partial charge is 0.391 e. The van der Waals surface area contributed by atoms with E-state index in [1.54, 1.807) is 4.90 Å². The molecule has 0 aromatic heterocycles. The molecule has 1 aromatic carbocycles. The average Bonchev–Trinajstić information content (AvgIpc) is 2.63. The van der Waals surface area contributed by atoms with Gasteiger partial charge in [-0.1, -0.05) is 18.2 Å². The number of urea groups is 1. The molecule has 1 aromatic rings. The lowest BCUT2D eigenvalue weighted by molar-refractivity contribution is 0.0828. The first-order chi connectivity index (χ1) is 12.1. The number of carbonyl (C=O) groups is 1. The van der Waals surface area contributed by atoms with Crippen molar-refractivity contribution in [3.05, 3.63) is 30.3 Å². The maximum absolute atomic E-state index is 12.3. The summed E-state index contributed by atoms with van der Waals surface area (Å²) in [5.41, 5.74) is 1.28. The minimum Gasteiger partial charge on any atom is -0.391 e. The molecule has 0 spiro atoms. The van der Waals surface area contributed by atoms with Crippen LogP contribution in [0, 0.1) is 0 Å². The minimum atomic E-state index is -0.374. The van der Waals surface area contributed by atoms with Gasteiger partial charge in [0.15, 0.2) is 0 Å². The number of β-amino-alcohol motifs (C(OH)–C–C–N with tert-alkyl or cyclic N) is 1. The lowest BCUT2D eigenvalue weighted by Gasteiger charge is -2.37. The molecule has 2 heterocycles. The number of benzene rings is 1. The molecule has 0 unspecified atom stereocenters. The summed E-state index contributed by atoms with van der Waals surface area (Å²) < 4.78 is 0. The van der Waals surface area contributed by atoms with E-state index < -0.39 is 0 Å². The van der Waals surface area contributed by atoms with E-state index in [1.807, 2.05) is 6.07 Å². The van der Waals surface area contributed by atoms with Gasteiger partial charge in [0.25, 0.3) is 0 Å². The number of nitrogens with zero attached hydrogens (tertiary/aromatic N) is 3. The summed E-state index contributed by atoms with van der Waals surface area (Å²) in [6.45, 7) is 8.17. The van der Waals surface area contributed by atoms with E-state index in [2.05, 4.69) is 46.3 Å². The number of piperazine rings is 1. The highest BCUT2D eigenvalue weighted by molar-refractivity contribution is 5.74. The number of amides is 2. The lowest BCUT2D eigenvalue weighted by atomic mass is 10.1. The second-order valence-electron chi connectivity index (χ2n) is 7.22. The van der Waals surface area contributed by atoms with E-state index >= 15 is 0 Å². The number of hydrogen-bond donors (Lipinski definition) is 2. The van der Waals surface area contributed by atoms with Crippen LogP contribution in [0.4, 0.5) is 10.5 Å². The van der Waals surface area contributed by atoms with Crippen LogP contribution in [0.1, 0.15) is 19.8 Å². The molecule has 0 saturated carbocycles. The summed E-state index contributed by atoms with van der Waals surface area (Å²) in [7, 11) is 0.